The van der Waals surface area contributed by atoms with E-state index in [4.69, 9.17) is 11.6 Å². The number of nitrogens with zero attached hydrogens (tertiary/aromatic N) is 3. The highest BCUT2D eigenvalue weighted by molar-refractivity contribution is 6.31. The number of aromatic carboxylic acids is 1. The molecule has 5 rings (SSSR count). The van der Waals surface area contributed by atoms with Crippen LogP contribution < -0.4 is 5.69 Å². The van der Waals surface area contributed by atoms with Crippen LogP contribution in [0.2, 0.25) is 5.02 Å². The van der Waals surface area contributed by atoms with E-state index in [0.29, 0.717) is 32.9 Å². The first-order chi connectivity index (χ1) is 16.4. The van der Waals surface area contributed by atoms with Crippen LogP contribution in [-0.4, -0.2) is 44.1 Å². The van der Waals surface area contributed by atoms with E-state index in [1.54, 1.807) is 69.8 Å². The van der Waals surface area contributed by atoms with Gasteiger partial charge < -0.3 is 10.0 Å². The zero-order chi connectivity index (χ0) is 23.8. The van der Waals surface area contributed by atoms with Gasteiger partial charge in [0.05, 0.1) is 28.8 Å². The molecule has 1 fully saturated rings. The van der Waals surface area contributed by atoms with E-state index in [1.165, 1.54) is 6.07 Å². The molecule has 34 heavy (non-hydrogen) atoms. The van der Waals surface area contributed by atoms with Gasteiger partial charge in [0.1, 0.15) is 0 Å². The van der Waals surface area contributed by atoms with Crippen LogP contribution in [-0.2, 0) is 6.54 Å². The van der Waals surface area contributed by atoms with Crippen molar-refractivity contribution in [1.82, 2.24) is 14.0 Å². The Kier molecular flexibility index (Phi) is 5.71. The molecule has 1 amide bonds. The lowest BCUT2D eigenvalue weighted by atomic mass is 10.1. The summed E-state index contributed by atoms with van der Waals surface area (Å²) in [6.07, 6.45) is 2.05. The molecule has 0 aliphatic carbocycles. The highest BCUT2D eigenvalue weighted by Crippen LogP contribution is 2.23. The number of halogens is 1. The lowest BCUT2D eigenvalue weighted by molar-refractivity contribution is 0.0696. The Labute approximate surface area is 200 Å². The number of fused-ring (bicyclic) bond motifs is 1. The first-order valence-corrected chi connectivity index (χ1v) is 11.4. The number of imidazole rings is 1. The van der Waals surface area contributed by atoms with Crippen molar-refractivity contribution in [2.75, 3.05) is 13.1 Å². The van der Waals surface area contributed by atoms with Gasteiger partial charge >= 0.3 is 11.7 Å². The molecule has 0 unspecified atom stereocenters. The van der Waals surface area contributed by atoms with Crippen molar-refractivity contribution in [2.24, 2.45) is 0 Å². The third-order valence-corrected chi connectivity index (χ3v) is 6.41. The summed E-state index contributed by atoms with van der Waals surface area (Å²) in [7, 11) is 0. The van der Waals surface area contributed by atoms with Gasteiger partial charge in [-0.05, 0) is 73.0 Å². The molecule has 0 spiro atoms. The van der Waals surface area contributed by atoms with Crippen LogP contribution in [0, 0.1) is 0 Å². The van der Waals surface area contributed by atoms with Crippen molar-refractivity contribution in [1.29, 1.82) is 0 Å². The van der Waals surface area contributed by atoms with E-state index >= 15 is 0 Å². The van der Waals surface area contributed by atoms with Crippen LogP contribution in [0.5, 0.6) is 0 Å². The van der Waals surface area contributed by atoms with Crippen molar-refractivity contribution in [3.8, 4) is 5.69 Å². The Morgan fingerprint density at radius 3 is 2.32 bits per heavy atom. The second kappa shape index (κ2) is 8.83. The molecular weight excluding hydrogens is 454 g/mol. The van der Waals surface area contributed by atoms with Gasteiger partial charge in [0.15, 0.2) is 0 Å². The second-order valence-electron chi connectivity index (χ2n) is 8.39. The molecule has 0 atom stereocenters. The van der Waals surface area contributed by atoms with Gasteiger partial charge in [-0.25, -0.2) is 9.59 Å². The summed E-state index contributed by atoms with van der Waals surface area (Å²) in [6, 6.07) is 18.8. The Hall–Kier alpha value is -3.84. The van der Waals surface area contributed by atoms with Gasteiger partial charge in [-0.1, -0.05) is 23.7 Å². The summed E-state index contributed by atoms with van der Waals surface area (Å²) in [6.45, 7) is 1.75. The number of carbonyl (C=O) groups is 2. The molecule has 0 radical (unpaired) electrons. The van der Waals surface area contributed by atoms with E-state index in [2.05, 4.69) is 0 Å². The smallest absolute Gasteiger partial charge is 0.335 e. The number of carboxylic acids is 1. The molecule has 1 aliphatic rings. The monoisotopic (exact) mass is 475 g/mol. The van der Waals surface area contributed by atoms with Crippen molar-refractivity contribution in [2.45, 2.75) is 19.4 Å². The molecule has 8 heteroatoms. The molecule has 4 aromatic rings. The minimum absolute atomic E-state index is 0.000168. The van der Waals surface area contributed by atoms with E-state index in [0.717, 1.165) is 25.9 Å². The van der Waals surface area contributed by atoms with Crippen molar-refractivity contribution in [3.63, 3.8) is 0 Å². The first kappa shape index (κ1) is 22.0. The number of hydrogen-bond acceptors (Lipinski definition) is 3. The number of amides is 1. The standard InChI is InChI=1S/C26H22ClN3O4/c27-20-8-11-22-23(15-20)30(21-9-6-18(7-10-21)24(31)28-12-1-2-13-28)26(34)29(22)16-17-4-3-5-19(14-17)25(32)33/h3-11,14-15H,1-2,12-13,16H2,(H,32,33). The predicted octanol–water partition coefficient (Wildman–Crippen LogP) is 4.43. The minimum atomic E-state index is -1.02. The quantitative estimate of drug-likeness (QED) is 0.463. The fourth-order valence-electron chi connectivity index (χ4n) is 4.47. The van der Waals surface area contributed by atoms with Crippen molar-refractivity contribution < 1.29 is 14.7 Å². The maximum atomic E-state index is 13.5. The summed E-state index contributed by atoms with van der Waals surface area (Å²) in [4.78, 5) is 39.4. The summed E-state index contributed by atoms with van der Waals surface area (Å²) >= 11 is 6.25. The number of hydrogen-bond donors (Lipinski definition) is 1. The van der Waals surface area contributed by atoms with Gasteiger partial charge in [-0.15, -0.1) is 0 Å². The second-order valence-corrected chi connectivity index (χ2v) is 8.83. The summed E-state index contributed by atoms with van der Waals surface area (Å²) in [5.41, 5.74) is 3.09. The first-order valence-electron chi connectivity index (χ1n) is 11.0. The van der Waals surface area contributed by atoms with E-state index < -0.39 is 5.97 Å². The SMILES string of the molecule is O=C(O)c1cccc(Cn2c(=O)n(-c3ccc(C(=O)N4CCCC4)cc3)c3cc(Cl)ccc32)c1. The Morgan fingerprint density at radius 2 is 1.62 bits per heavy atom. The maximum absolute atomic E-state index is 13.5. The van der Waals surface area contributed by atoms with Crippen molar-refractivity contribution >= 4 is 34.5 Å². The minimum Gasteiger partial charge on any atom is -0.478 e. The average Bonchev–Trinajstić information content (AvgIpc) is 3.46. The molecule has 0 saturated carbocycles. The Morgan fingerprint density at radius 1 is 0.882 bits per heavy atom. The highest BCUT2D eigenvalue weighted by Gasteiger charge is 2.20. The van der Waals surface area contributed by atoms with E-state index in [-0.39, 0.29) is 23.7 Å². The predicted molar refractivity (Wildman–Crippen MR) is 130 cm³/mol. The fraction of sp³-hybridized carbons (Fsp3) is 0.192. The van der Waals surface area contributed by atoms with Crippen LogP contribution >= 0.6 is 11.6 Å². The molecule has 172 valence electrons. The zero-order valence-electron chi connectivity index (χ0n) is 18.3. The lowest BCUT2D eigenvalue weighted by Crippen LogP contribution is -2.27. The molecule has 1 saturated heterocycles. The van der Waals surface area contributed by atoms with Crippen LogP contribution in [0.15, 0.2) is 71.5 Å². The van der Waals surface area contributed by atoms with E-state index in [1.807, 2.05) is 4.90 Å². The number of aromatic nitrogens is 2. The lowest BCUT2D eigenvalue weighted by Gasteiger charge is -2.15. The topological polar surface area (TPSA) is 84.5 Å². The zero-order valence-corrected chi connectivity index (χ0v) is 19.0. The molecule has 2 heterocycles. The van der Waals surface area contributed by atoms with Crippen LogP contribution in [0.1, 0.15) is 39.1 Å². The third kappa shape index (κ3) is 3.99. The summed E-state index contributed by atoms with van der Waals surface area (Å²) in [5.74, 6) is -1.02. The summed E-state index contributed by atoms with van der Waals surface area (Å²) in [5, 5.41) is 9.79. The molecule has 1 N–H and O–H groups in total. The molecule has 7 nitrogen and oxygen atoms in total. The molecule has 1 aliphatic heterocycles. The third-order valence-electron chi connectivity index (χ3n) is 6.17. The summed E-state index contributed by atoms with van der Waals surface area (Å²) < 4.78 is 3.16. The molecule has 3 aromatic carbocycles. The van der Waals surface area contributed by atoms with Gasteiger partial charge in [0.2, 0.25) is 0 Å². The number of rotatable bonds is 5. The maximum Gasteiger partial charge on any atom is 0.335 e. The number of carbonyl (C=O) groups excluding carboxylic acids is 1. The van der Waals surface area contributed by atoms with E-state index in [9.17, 15) is 19.5 Å². The Balaban J connectivity index is 1.57. The molecule has 1 aromatic heterocycles. The van der Waals surface area contributed by atoms with Crippen LogP contribution in [0.3, 0.4) is 0 Å². The largest absolute Gasteiger partial charge is 0.478 e. The number of likely N-dealkylation sites (tertiary alicyclic amines) is 1. The normalized spacial score (nSPS) is 13.5. The van der Waals surface area contributed by atoms with Gasteiger partial charge in [-0.3, -0.25) is 13.9 Å². The molecular formula is C26H22ClN3O4. The van der Waals surface area contributed by atoms with Crippen LogP contribution in [0.4, 0.5) is 0 Å². The number of benzene rings is 3. The number of carboxylic acid groups (broad SMARTS) is 1. The van der Waals surface area contributed by atoms with Gasteiger partial charge in [0.25, 0.3) is 5.91 Å². The van der Waals surface area contributed by atoms with Crippen LogP contribution in [0.25, 0.3) is 16.7 Å². The van der Waals surface area contributed by atoms with Gasteiger partial charge in [0, 0.05) is 23.7 Å². The van der Waals surface area contributed by atoms with Crippen molar-refractivity contribution in [3.05, 3.63) is 98.9 Å². The van der Waals surface area contributed by atoms with Gasteiger partial charge in [-0.2, -0.15) is 0 Å². The fourth-order valence-corrected chi connectivity index (χ4v) is 4.64. The Bertz CT molecular complexity index is 1460. The average molecular weight is 476 g/mol. The highest BCUT2D eigenvalue weighted by atomic mass is 35.5. The molecule has 0 bridgehead atoms.